The van der Waals surface area contributed by atoms with Gasteiger partial charge in [-0.05, 0) is 49.3 Å². The predicted molar refractivity (Wildman–Crippen MR) is 104 cm³/mol. The molecule has 0 radical (unpaired) electrons. The number of ether oxygens (including phenoxy) is 1. The fraction of sp³-hybridized carbons (Fsp3) is 0.591. The maximum Gasteiger partial charge on any atom is 0.251 e. The molecule has 2 amide bonds. The minimum Gasteiger partial charge on any atom is -0.368 e. The first-order valence-corrected chi connectivity index (χ1v) is 10.4. The number of Topliss-reactive ketones (excluding diaryl/α,β-unsaturated/α-hetero) is 1. The maximum atomic E-state index is 12.5. The van der Waals surface area contributed by atoms with Crippen LogP contribution in [0.3, 0.4) is 0 Å². The highest BCUT2D eigenvalue weighted by molar-refractivity contribution is 5.98. The van der Waals surface area contributed by atoms with Crippen LogP contribution in [0.5, 0.6) is 0 Å². The lowest BCUT2D eigenvalue weighted by molar-refractivity contribution is -0.146. The van der Waals surface area contributed by atoms with Crippen LogP contribution in [-0.4, -0.2) is 66.3 Å². The zero-order chi connectivity index (χ0) is 19.5. The smallest absolute Gasteiger partial charge is 0.251 e. The quantitative estimate of drug-likeness (QED) is 0.728. The topological polar surface area (TPSA) is 66.9 Å². The van der Waals surface area contributed by atoms with Gasteiger partial charge in [0.2, 0.25) is 5.91 Å². The summed E-state index contributed by atoms with van der Waals surface area (Å²) in [6.45, 7) is 2.81. The standard InChI is InChI=1S/C22H28N2O4/c25-19(18-7-6-16-3-1-4-17(16)15-18)8-9-21(26)23-10-12-24(13-11-23)22(27)20-5-2-14-28-20/h6-7,15,20H,1-5,8-14H2. The van der Waals surface area contributed by atoms with Crippen molar-refractivity contribution in [2.45, 2.75) is 51.0 Å². The molecule has 2 saturated heterocycles. The van der Waals surface area contributed by atoms with Crippen LogP contribution in [0, 0.1) is 0 Å². The Morgan fingerprint density at radius 3 is 2.43 bits per heavy atom. The molecular weight excluding hydrogens is 356 g/mol. The van der Waals surface area contributed by atoms with Gasteiger partial charge in [-0.15, -0.1) is 0 Å². The predicted octanol–water partition coefficient (Wildman–Crippen LogP) is 1.99. The maximum absolute atomic E-state index is 12.5. The van der Waals surface area contributed by atoms with Crippen molar-refractivity contribution >= 4 is 17.6 Å². The van der Waals surface area contributed by atoms with Crippen LogP contribution >= 0.6 is 0 Å². The van der Waals surface area contributed by atoms with Crippen molar-refractivity contribution in [1.82, 2.24) is 9.80 Å². The summed E-state index contributed by atoms with van der Waals surface area (Å²) >= 11 is 0. The number of nitrogens with zero attached hydrogens (tertiary/aromatic N) is 2. The van der Waals surface area contributed by atoms with Gasteiger partial charge in [0.1, 0.15) is 6.10 Å². The number of carbonyl (C=O) groups is 3. The van der Waals surface area contributed by atoms with Gasteiger partial charge >= 0.3 is 0 Å². The molecule has 1 atom stereocenters. The number of piperazine rings is 1. The fourth-order valence-corrected chi connectivity index (χ4v) is 4.42. The molecule has 0 saturated carbocycles. The van der Waals surface area contributed by atoms with Crippen LogP contribution in [-0.2, 0) is 27.2 Å². The van der Waals surface area contributed by atoms with Gasteiger partial charge in [0.05, 0.1) is 0 Å². The van der Waals surface area contributed by atoms with Crippen LogP contribution in [0.25, 0.3) is 0 Å². The highest BCUT2D eigenvalue weighted by Crippen LogP contribution is 2.23. The van der Waals surface area contributed by atoms with Crippen molar-refractivity contribution < 1.29 is 19.1 Å². The summed E-state index contributed by atoms with van der Waals surface area (Å²) in [5.74, 6) is 0.0883. The molecule has 6 heteroatoms. The van der Waals surface area contributed by atoms with Gasteiger partial charge in [-0.1, -0.05) is 12.1 Å². The molecule has 1 unspecified atom stereocenters. The average Bonchev–Trinajstić information content (AvgIpc) is 3.42. The Labute approximate surface area is 165 Å². The summed E-state index contributed by atoms with van der Waals surface area (Å²) in [7, 11) is 0. The van der Waals surface area contributed by atoms with Gasteiger partial charge in [-0.25, -0.2) is 0 Å². The molecule has 1 aliphatic carbocycles. The second-order valence-corrected chi connectivity index (χ2v) is 7.97. The molecule has 0 aromatic heterocycles. The van der Waals surface area contributed by atoms with Crippen molar-refractivity contribution in [3.05, 3.63) is 34.9 Å². The third-order valence-electron chi connectivity index (χ3n) is 6.14. The zero-order valence-electron chi connectivity index (χ0n) is 16.3. The molecule has 0 bridgehead atoms. The summed E-state index contributed by atoms with van der Waals surface area (Å²) in [6, 6.07) is 5.96. The molecule has 2 aliphatic heterocycles. The summed E-state index contributed by atoms with van der Waals surface area (Å²) in [5.41, 5.74) is 3.35. The molecule has 2 fully saturated rings. The van der Waals surface area contributed by atoms with E-state index in [4.69, 9.17) is 4.74 Å². The number of amides is 2. The zero-order valence-corrected chi connectivity index (χ0v) is 16.3. The SMILES string of the molecule is O=C(CCC(=O)N1CCN(C(=O)C2CCCO2)CC1)c1ccc2c(c1)CCC2. The van der Waals surface area contributed by atoms with Crippen molar-refractivity contribution in [2.75, 3.05) is 32.8 Å². The van der Waals surface area contributed by atoms with Crippen LogP contribution in [0.2, 0.25) is 0 Å². The first-order chi connectivity index (χ1) is 13.6. The lowest BCUT2D eigenvalue weighted by Crippen LogP contribution is -2.52. The average molecular weight is 384 g/mol. The van der Waals surface area contributed by atoms with Crippen molar-refractivity contribution in [2.24, 2.45) is 0 Å². The van der Waals surface area contributed by atoms with E-state index in [0.717, 1.165) is 37.7 Å². The highest BCUT2D eigenvalue weighted by Gasteiger charge is 2.31. The monoisotopic (exact) mass is 384 g/mol. The van der Waals surface area contributed by atoms with Gasteiger partial charge in [0, 0.05) is 51.2 Å². The van der Waals surface area contributed by atoms with Crippen LogP contribution in [0.1, 0.15) is 53.6 Å². The van der Waals surface area contributed by atoms with Crippen LogP contribution in [0.4, 0.5) is 0 Å². The highest BCUT2D eigenvalue weighted by atomic mass is 16.5. The number of hydrogen-bond acceptors (Lipinski definition) is 4. The Morgan fingerprint density at radius 2 is 1.68 bits per heavy atom. The molecule has 6 nitrogen and oxygen atoms in total. The van der Waals surface area contributed by atoms with E-state index in [0.29, 0.717) is 32.8 Å². The minimum absolute atomic E-state index is 0.00118. The molecule has 1 aromatic carbocycles. The number of hydrogen-bond donors (Lipinski definition) is 0. The number of benzene rings is 1. The van der Waals surface area contributed by atoms with Gasteiger partial charge in [-0.2, -0.15) is 0 Å². The van der Waals surface area contributed by atoms with E-state index in [9.17, 15) is 14.4 Å². The third-order valence-corrected chi connectivity index (χ3v) is 6.14. The van der Waals surface area contributed by atoms with Gasteiger partial charge < -0.3 is 14.5 Å². The van der Waals surface area contributed by atoms with E-state index in [-0.39, 0.29) is 36.5 Å². The van der Waals surface area contributed by atoms with Crippen LogP contribution < -0.4 is 0 Å². The number of fused-ring (bicyclic) bond motifs is 1. The molecule has 28 heavy (non-hydrogen) atoms. The van der Waals surface area contributed by atoms with E-state index < -0.39 is 0 Å². The first-order valence-electron chi connectivity index (χ1n) is 10.4. The van der Waals surface area contributed by atoms with Crippen molar-refractivity contribution in [3.63, 3.8) is 0 Å². The van der Waals surface area contributed by atoms with E-state index in [2.05, 4.69) is 6.07 Å². The lowest BCUT2D eigenvalue weighted by atomic mass is 10.0. The largest absolute Gasteiger partial charge is 0.368 e. The fourth-order valence-electron chi connectivity index (χ4n) is 4.42. The molecule has 2 heterocycles. The molecule has 150 valence electrons. The van der Waals surface area contributed by atoms with Gasteiger partial charge in [0.15, 0.2) is 5.78 Å². The van der Waals surface area contributed by atoms with Gasteiger partial charge in [-0.3, -0.25) is 14.4 Å². The Morgan fingerprint density at radius 1 is 0.929 bits per heavy atom. The number of rotatable bonds is 5. The summed E-state index contributed by atoms with van der Waals surface area (Å²) in [5, 5.41) is 0. The molecular formula is C22H28N2O4. The third kappa shape index (κ3) is 4.12. The minimum atomic E-state index is -0.299. The number of aryl methyl sites for hydroxylation is 2. The summed E-state index contributed by atoms with van der Waals surface area (Å²) in [4.78, 5) is 40.9. The molecule has 3 aliphatic rings. The van der Waals surface area contributed by atoms with E-state index in [1.807, 2.05) is 12.1 Å². The first kappa shape index (κ1) is 19.1. The second-order valence-electron chi connectivity index (χ2n) is 7.97. The Bertz CT molecular complexity index is 762. The van der Waals surface area contributed by atoms with E-state index >= 15 is 0 Å². The molecule has 1 aromatic rings. The van der Waals surface area contributed by atoms with Gasteiger partial charge in [0.25, 0.3) is 5.91 Å². The lowest BCUT2D eigenvalue weighted by Gasteiger charge is -2.35. The Kier molecular flexibility index (Phi) is 5.76. The molecule has 0 spiro atoms. The van der Waals surface area contributed by atoms with Crippen molar-refractivity contribution in [3.8, 4) is 0 Å². The molecule has 4 rings (SSSR count). The Balaban J connectivity index is 1.23. The summed E-state index contributed by atoms with van der Waals surface area (Å²) in [6.07, 6.45) is 5.21. The van der Waals surface area contributed by atoms with E-state index in [1.165, 1.54) is 11.1 Å². The number of ketones is 1. The van der Waals surface area contributed by atoms with E-state index in [1.54, 1.807) is 9.80 Å². The normalized spacial score (nSPS) is 21.6. The molecule has 0 N–H and O–H groups in total. The second kappa shape index (κ2) is 8.43. The van der Waals surface area contributed by atoms with Crippen LogP contribution in [0.15, 0.2) is 18.2 Å². The number of carbonyl (C=O) groups excluding carboxylic acids is 3. The summed E-state index contributed by atoms with van der Waals surface area (Å²) < 4.78 is 5.47. The Hall–Kier alpha value is -2.21. The van der Waals surface area contributed by atoms with Crippen molar-refractivity contribution in [1.29, 1.82) is 0 Å².